The van der Waals surface area contributed by atoms with E-state index < -0.39 is 0 Å². The van der Waals surface area contributed by atoms with Crippen LogP contribution >= 0.6 is 0 Å². The number of hydrogen-bond acceptors (Lipinski definition) is 2. The molecule has 1 aliphatic heterocycles. The van der Waals surface area contributed by atoms with Crippen molar-refractivity contribution in [3.05, 3.63) is 35.4 Å². The Bertz CT molecular complexity index is 436. The van der Waals surface area contributed by atoms with E-state index in [1.807, 2.05) is 29.2 Å². The number of carbonyl (C=O) groups excluding carboxylic acids is 1. The molecule has 0 atom stereocenters. The van der Waals surface area contributed by atoms with Crippen LogP contribution in [0.5, 0.6) is 0 Å². The average Bonchev–Trinajstić information content (AvgIpc) is 2.39. The molecule has 1 aromatic carbocycles. The first-order valence-electron chi connectivity index (χ1n) is 5.96. The zero-order valence-corrected chi connectivity index (χ0v) is 10.0. The predicted octanol–water partition coefficient (Wildman–Crippen LogP) is 2.28. The van der Waals surface area contributed by atoms with Crippen molar-refractivity contribution in [1.29, 1.82) is 5.26 Å². The maximum absolute atomic E-state index is 11.2. The van der Waals surface area contributed by atoms with Gasteiger partial charge in [-0.15, -0.1) is 0 Å². The van der Waals surface area contributed by atoms with Crippen LogP contribution in [0.4, 0.5) is 0 Å². The molecule has 0 saturated carbocycles. The molecule has 0 bridgehead atoms. The second-order valence-corrected chi connectivity index (χ2v) is 4.51. The molecule has 17 heavy (non-hydrogen) atoms. The molecule has 3 heteroatoms. The topological polar surface area (TPSA) is 44.1 Å². The van der Waals surface area contributed by atoms with Crippen molar-refractivity contribution in [2.45, 2.75) is 25.7 Å². The van der Waals surface area contributed by atoms with E-state index in [2.05, 4.69) is 6.07 Å². The molecule has 1 heterocycles. The third kappa shape index (κ3) is 2.65. The van der Waals surface area contributed by atoms with Gasteiger partial charge in [0.1, 0.15) is 0 Å². The van der Waals surface area contributed by atoms with Crippen LogP contribution in [-0.4, -0.2) is 23.9 Å². The monoisotopic (exact) mass is 228 g/mol. The highest BCUT2D eigenvalue weighted by Gasteiger charge is 2.21. The third-order valence-electron chi connectivity index (χ3n) is 3.45. The van der Waals surface area contributed by atoms with E-state index in [4.69, 9.17) is 5.26 Å². The van der Waals surface area contributed by atoms with Crippen LogP contribution < -0.4 is 0 Å². The molecule has 1 amide bonds. The molecule has 88 valence electrons. The van der Waals surface area contributed by atoms with Crippen LogP contribution in [0.15, 0.2) is 24.3 Å². The van der Waals surface area contributed by atoms with Crippen molar-refractivity contribution in [3.8, 4) is 6.07 Å². The summed E-state index contributed by atoms with van der Waals surface area (Å²) in [5.41, 5.74) is 1.99. The Morgan fingerprint density at radius 2 is 1.88 bits per heavy atom. The smallest absolute Gasteiger partial charge is 0.219 e. The Labute approximate surface area is 102 Å². The highest BCUT2D eigenvalue weighted by molar-refractivity contribution is 5.73. The predicted molar refractivity (Wildman–Crippen MR) is 65.4 cm³/mol. The number of rotatable bonds is 1. The normalized spacial score (nSPS) is 16.6. The maximum atomic E-state index is 11.2. The van der Waals surface area contributed by atoms with Crippen LogP contribution in [0, 0.1) is 11.3 Å². The van der Waals surface area contributed by atoms with Crippen LogP contribution in [0.2, 0.25) is 0 Å². The fraction of sp³-hybridized carbons (Fsp3) is 0.429. The lowest BCUT2D eigenvalue weighted by molar-refractivity contribution is -0.129. The van der Waals surface area contributed by atoms with Crippen LogP contribution in [0.25, 0.3) is 0 Å². The Balaban J connectivity index is 2.00. The summed E-state index contributed by atoms with van der Waals surface area (Å²) in [5, 5.41) is 8.74. The fourth-order valence-corrected chi connectivity index (χ4v) is 2.36. The van der Waals surface area contributed by atoms with Crippen molar-refractivity contribution in [2.24, 2.45) is 0 Å². The average molecular weight is 228 g/mol. The lowest BCUT2D eigenvalue weighted by Crippen LogP contribution is -2.36. The molecular weight excluding hydrogens is 212 g/mol. The van der Waals surface area contributed by atoms with Gasteiger partial charge < -0.3 is 4.90 Å². The Hall–Kier alpha value is -1.82. The molecule has 0 aromatic heterocycles. The molecule has 2 rings (SSSR count). The number of hydrogen-bond donors (Lipinski definition) is 0. The van der Waals surface area contributed by atoms with Crippen molar-refractivity contribution < 1.29 is 4.79 Å². The Morgan fingerprint density at radius 1 is 1.29 bits per heavy atom. The molecule has 0 radical (unpaired) electrons. The highest BCUT2D eigenvalue weighted by Crippen LogP contribution is 2.28. The van der Waals surface area contributed by atoms with Gasteiger partial charge in [0.2, 0.25) is 5.91 Å². The molecule has 0 spiro atoms. The van der Waals surface area contributed by atoms with E-state index in [-0.39, 0.29) is 5.91 Å². The van der Waals surface area contributed by atoms with Crippen molar-refractivity contribution in [2.75, 3.05) is 13.1 Å². The van der Waals surface area contributed by atoms with Gasteiger partial charge in [-0.2, -0.15) is 5.26 Å². The van der Waals surface area contributed by atoms with Crippen LogP contribution in [-0.2, 0) is 4.79 Å². The SMILES string of the molecule is CC(=O)N1CCC(c2ccc(C#N)cc2)CC1. The summed E-state index contributed by atoms with van der Waals surface area (Å²) in [6.45, 7) is 3.32. The lowest BCUT2D eigenvalue weighted by Gasteiger charge is -2.31. The fourth-order valence-electron chi connectivity index (χ4n) is 2.36. The summed E-state index contributed by atoms with van der Waals surface area (Å²) in [5.74, 6) is 0.696. The molecular formula is C14H16N2O. The molecule has 1 aromatic rings. The van der Waals surface area contributed by atoms with Gasteiger partial charge in [0, 0.05) is 20.0 Å². The zero-order valence-electron chi connectivity index (χ0n) is 10.0. The number of benzene rings is 1. The first-order chi connectivity index (χ1) is 8.20. The van der Waals surface area contributed by atoms with Gasteiger partial charge in [0.05, 0.1) is 11.6 Å². The van der Waals surface area contributed by atoms with Gasteiger partial charge in [0.25, 0.3) is 0 Å². The van der Waals surface area contributed by atoms with Gasteiger partial charge in [-0.05, 0) is 36.5 Å². The van der Waals surface area contributed by atoms with Crippen LogP contribution in [0.1, 0.15) is 36.8 Å². The number of carbonyl (C=O) groups is 1. The number of amides is 1. The summed E-state index contributed by atoms with van der Waals surface area (Å²) in [4.78, 5) is 13.1. The summed E-state index contributed by atoms with van der Waals surface area (Å²) >= 11 is 0. The minimum atomic E-state index is 0.170. The van der Waals surface area contributed by atoms with Crippen molar-refractivity contribution in [1.82, 2.24) is 4.90 Å². The van der Waals surface area contributed by atoms with Crippen molar-refractivity contribution in [3.63, 3.8) is 0 Å². The second-order valence-electron chi connectivity index (χ2n) is 4.51. The number of nitrogens with zero attached hydrogens (tertiary/aromatic N) is 2. The first-order valence-corrected chi connectivity index (χ1v) is 5.96. The number of likely N-dealkylation sites (tertiary alicyclic amines) is 1. The van der Waals surface area contributed by atoms with E-state index >= 15 is 0 Å². The summed E-state index contributed by atoms with van der Waals surface area (Å²) in [6.07, 6.45) is 2.04. The van der Waals surface area contributed by atoms with Gasteiger partial charge in [-0.25, -0.2) is 0 Å². The summed E-state index contributed by atoms with van der Waals surface area (Å²) in [7, 11) is 0. The van der Waals surface area contributed by atoms with E-state index in [1.54, 1.807) is 6.92 Å². The first kappa shape index (κ1) is 11.7. The van der Waals surface area contributed by atoms with Crippen molar-refractivity contribution >= 4 is 5.91 Å². The molecule has 0 N–H and O–H groups in total. The number of piperidine rings is 1. The van der Waals surface area contributed by atoms with E-state index in [9.17, 15) is 4.79 Å². The van der Waals surface area contributed by atoms with Gasteiger partial charge in [-0.3, -0.25) is 4.79 Å². The van der Waals surface area contributed by atoms with Gasteiger partial charge in [0.15, 0.2) is 0 Å². The molecule has 1 fully saturated rings. The van der Waals surface area contributed by atoms with Gasteiger partial charge in [-0.1, -0.05) is 12.1 Å². The van der Waals surface area contributed by atoms with E-state index in [0.29, 0.717) is 11.5 Å². The molecule has 1 aliphatic rings. The number of nitriles is 1. The molecule has 0 aliphatic carbocycles. The van der Waals surface area contributed by atoms with Crippen LogP contribution in [0.3, 0.4) is 0 Å². The summed E-state index contributed by atoms with van der Waals surface area (Å²) in [6, 6.07) is 9.93. The minimum Gasteiger partial charge on any atom is -0.343 e. The third-order valence-corrected chi connectivity index (χ3v) is 3.45. The minimum absolute atomic E-state index is 0.170. The molecule has 0 unspecified atom stereocenters. The molecule has 3 nitrogen and oxygen atoms in total. The van der Waals surface area contributed by atoms with E-state index in [0.717, 1.165) is 25.9 Å². The highest BCUT2D eigenvalue weighted by atomic mass is 16.2. The summed E-state index contributed by atoms with van der Waals surface area (Å²) < 4.78 is 0. The zero-order chi connectivity index (χ0) is 12.3. The Morgan fingerprint density at radius 3 is 2.35 bits per heavy atom. The second kappa shape index (κ2) is 5.01. The quantitative estimate of drug-likeness (QED) is 0.740. The van der Waals surface area contributed by atoms with E-state index in [1.165, 1.54) is 5.56 Å². The van der Waals surface area contributed by atoms with Gasteiger partial charge >= 0.3 is 0 Å². The largest absolute Gasteiger partial charge is 0.343 e. The standard InChI is InChI=1S/C14H16N2O/c1-11(17)16-8-6-14(7-9-16)13-4-2-12(10-15)3-5-13/h2-5,14H,6-9H2,1H3. The lowest BCUT2D eigenvalue weighted by atomic mass is 9.89. The maximum Gasteiger partial charge on any atom is 0.219 e. The molecule has 1 saturated heterocycles. The Kier molecular flexibility index (Phi) is 3.43.